The molecule has 0 aliphatic carbocycles. The zero-order valence-corrected chi connectivity index (χ0v) is 12.0. The predicted molar refractivity (Wildman–Crippen MR) is 72.8 cm³/mol. The quantitative estimate of drug-likeness (QED) is 0.792. The number of nitrogens with zero attached hydrogens (tertiary/aromatic N) is 2. The van der Waals surface area contributed by atoms with Crippen LogP contribution in [0.5, 0.6) is 0 Å². The third kappa shape index (κ3) is 3.91. The SMILES string of the molecule is CS(=O)(=O)N1CCCC(CN2CCC[C@@H](N)C2)C1. The predicted octanol–water partition coefficient (Wildman–Crippen LogP) is 0.0811. The van der Waals surface area contributed by atoms with Crippen molar-refractivity contribution < 1.29 is 8.42 Å². The Bertz CT molecular complexity index is 372. The molecule has 0 saturated carbocycles. The van der Waals surface area contributed by atoms with Crippen LogP contribution in [0.15, 0.2) is 0 Å². The van der Waals surface area contributed by atoms with Crippen molar-refractivity contribution in [1.82, 2.24) is 9.21 Å². The number of piperidine rings is 2. The molecule has 2 rings (SSSR count). The van der Waals surface area contributed by atoms with Crippen molar-refractivity contribution in [3.05, 3.63) is 0 Å². The van der Waals surface area contributed by atoms with Gasteiger partial charge >= 0.3 is 0 Å². The molecule has 0 radical (unpaired) electrons. The average molecular weight is 275 g/mol. The van der Waals surface area contributed by atoms with E-state index in [-0.39, 0.29) is 0 Å². The van der Waals surface area contributed by atoms with E-state index in [4.69, 9.17) is 5.73 Å². The Morgan fingerprint density at radius 2 is 1.89 bits per heavy atom. The second-order valence-corrected chi connectivity index (χ2v) is 7.77. The van der Waals surface area contributed by atoms with Crippen molar-refractivity contribution in [2.45, 2.75) is 31.7 Å². The smallest absolute Gasteiger partial charge is 0.211 e. The van der Waals surface area contributed by atoms with E-state index in [0.29, 0.717) is 25.0 Å². The second kappa shape index (κ2) is 5.86. The lowest BCUT2D eigenvalue weighted by atomic mass is 9.97. The van der Waals surface area contributed by atoms with Gasteiger partial charge in [0.15, 0.2) is 0 Å². The Balaban J connectivity index is 1.86. The van der Waals surface area contributed by atoms with Crippen LogP contribution in [0.2, 0.25) is 0 Å². The summed E-state index contributed by atoms with van der Waals surface area (Å²) in [7, 11) is -3.02. The molecule has 2 atom stereocenters. The fourth-order valence-electron chi connectivity index (χ4n) is 3.10. The number of hydrogen-bond donors (Lipinski definition) is 1. The Labute approximate surface area is 110 Å². The fourth-order valence-corrected chi connectivity index (χ4v) is 4.04. The summed E-state index contributed by atoms with van der Waals surface area (Å²) in [5.74, 6) is 0.471. The first kappa shape index (κ1) is 14.2. The van der Waals surface area contributed by atoms with Gasteiger partial charge in [0.2, 0.25) is 10.0 Å². The topological polar surface area (TPSA) is 66.6 Å². The number of hydrogen-bond acceptors (Lipinski definition) is 4. The molecule has 2 N–H and O–H groups in total. The molecule has 2 aliphatic heterocycles. The summed E-state index contributed by atoms with van der Waals surface area (Å²) < 4.78 is 24.8. The van der Waals surface area contributed by atoms with Gasteiger partial charge in [-0.2, -0.15) is 0 Å². The molecule has 0 spiro atoms. The van der Waals surface area contributed by atoms with Crippen molar-refractivity contribution in [2.24, 2.45) is 11.7 Å². The van der Waals surface area contributed by atoms with Gasteiger partial charge < -0.3 is 10.6 Å². The van der Waals surface area contributed by atoms with Gasteiger partial charge in [0, 0.05) is 32.2 Å². The summed E-state index contributed by atoms with van der Waals surface area (Å²) >= 11 is 0. The Morgan fingerprint density at radius 1 is 1.17 bits per heavy atom. The minimum Gasteiger partial charge on any atom is -0.327 e. The molecule has 0 aromatic heterocycles. The molecule has 0 aromatic carbocycles. The molecule has 2 heterocycles. The van der Waals surface area contributed by atoms with E-state index in [9.17, 15) is 8.42 Å². The highest BCUT2D eigenvalue weighted by Crippen LogP contribution is 2.21. The van der Waals surface area contributed by atoms with Crippen LogP contribution < -0.4 is 5.73 Å². The zero-order chi connectivity index (χ0) is 13.2. The number of sulfonamides is 1. The van der Waals surface area contributed by atoms with Gasteiger partial charge in [-0.1, -0.05) is 0 Å². The summed E-state index contributed by atoms with van der Waals surface area (Å²) in [6.07, 6.45) is 5.72. The lowest BCUT2D eigenvalue weighted by Crippen LogP contribution is -2.48. The highest BCUT2D eigenvalue weighted by atomic mass is 32.2. The maximum atomic E-state index is 11.6. The fraction of sp³-hybridized carbons (Fsp3) is 1.00. The van der Waals surface area contributed by atoms with Gasteiger partial charge in [0.1, 0.15) is 0 Å². The van der Waals surface area contributed by atoms with E-state index in [1.807, 2.05) is 0 Å². The highest BCUT2D eigenvalue weighted by molar-refractivity contribution is 7.88. The molecule has 6 heteroatoms. The summed E-state index contributed by atoms with van der Waals surface area (Å²) in [4.78, 5) is 2.41. The van der Waals surface area contributed by atoms with Crippen LogP contribution in [-0.4, -0.2) is 62.6 Å². The summed E-state index contributed by atoms with van der Waals surface area (Å²) in [5, 5.41) is 0. The van der Waals surface area contributed by atoms with Gasteiger partial charge in [0.25, 0.3) is 0 Å². The van der Waals surface area contributed by atoms with Crippen LogP contribution in [0.4, 0.5) is 0 Å². The van der Waals surface area contributed by atoms with Crippen molar-refractivity contribution in [3.63, 3.8) is 0 Å². The molecule has 2 fully saturated rings. The summed E-state index contributed by atoms with van der Waals surface area (Å²) in [6, 6.07) is 0.299. The van der Waals surface area contributed by atoms with Crippen LogP contribution in [-0.2, 0) is 10.0 Å². The van der Waals surface area contributed by atoms with Gasteiger partial charge in [-0.05, 0) is 38.1 Å². The van der Waals surface area contributed by atoms with Crippen LogP contribution in [0.25, 0.3) is 0 Å². The van der Waals surface area contributed by atoms with E-state index < -0.39 is 10.0 Å². The zero-order valence-electron chi connectivity index (χ0n) is 11.2. The molecule has 2 saturated heterocycles. The average Bonchev–Trinajstić information content (AvgIpc) is 2.28. The maximum Gasteiger partial charge on any atom is 0.211 e. The molecular formula is C12H25N3O2S. The van der Waals surface area contributed by atoms with Crippen molar-refractivity contribution in [3.8, 4) is 0 Å². The van der Waals surface area contributed by atoms with Crippen molar-refractivity contribution >= 4 is 10.0 Å². The monoisotopic (exact) mass is 275 g/mol. The van der Waals surface area contributed by atoms with Crippen LogP contribution >= 0.6 is 0 Å². The third-order valence-corrected chi connectivity index (χ3v) is 5.28. The van der Waals surface area contributed by atoms with Gasteiger partial charge in [0.05, 0.1) is 6.26 Å². The van der Waals surface area contributed by atoms with Crippen LogP contribution in [0.1, 0.15) is 25.7 Å². The Hall–Kier alpha value is -0.170. The first-order valence-electron chi connectivity index (χ1n) is 6.88. The molecule has 2 aliphatic rings. The van der Waals surface area contributed by atoms with Crippen molar-refractivity contribution in [2.75, 3.05) is 39.0 Å². The molecule has 18 heavy (non-hydrogen) atoms. The minimum absolute atomic E-state index is 0.299. The highest BCUT2D eigenvalue weighted by Gasteiger charge is 2.28. The first-order chi connectivity index (χ1) is 8.45. The number of likely N-dealkylation sites (tertiary alicyclic amines) is 1. The molecular weight excluding hydrogens is 250 g/mol. The standard InChI is InChI=1S/C12H25N3O2S/c1-18(16,17)15-7-2-4-11(9-15)8-14-6-3-5-12(13)10-14/h11-12H,2-10,13H2,1H3/t11?,12-/m1/s1. The summed E-state index contributed by atoms with van der Waals surface area (Å²) in [5.41, 5.74) is 5.98. The Kier molecular flexibility index (Phi) is 4.64. The van der Waals surface area contributed by atoms with Gasteiger partial charge in [-0.15, -0.1) is 0 Å². The third-order valence-electron chi connectivity index (χ3n) is 4.01. The lowest BCUT2D eigenvalue weighted by molar-refractivity contribution is 0.148. The van der Waals surface area contributed by atoms with E-state index in [0.717, 1.165) is 38.9 Å². The molecule has 1 unspecified atom stereocenters. The van der Waals surface area contributed by atoms with Crippen LogP contribution in [0, 0.1) is 5.92 Å². The first-order valence-corrected chi connectivity index (χ1v) is 8.73. The van der Waals surface area contributed by atoms with Crippen LogP contribution in [0.3, 0.4) is 0 Å². The molecule has 5 nitrogen and oxygen atoms in total. The molecule has 0 aromatic rings. The molecule has 0 amide bonds. The minimum atomic E-state index is -3.02. The van der Waals surface area contributed by atoms with E-state index in [1.165, 1.54) is 12.7 Å². The van der Waals surface area contributed by atoms with E-state index >= 15 is 0 Å². The number of rotatable bonds is 3. The maximum absolute atomic E-state index is 11.6. The van der Waals surface area contributed by atoms with Gasteiger partial charge in [-0.3, -0.25) is 0 Å². The largest absolute Gasteiger partial charge is 0.327 e. The van der Waals surface area contributed by atoms with E-state index in [1.54, 1.807) is 4.31 Å². The Morgan fingerprint density at radius 3 is 2.56 bits per heavy atom. The number of nitrogens with two attached hydrogens (primary N) is 1. The summed E-state index contributed by atoms with van der Waals surface area (Å²) in [6.45, 7) is 4.46. The van der Waals surface area contributed by atoms with E-state index in [2.05, 4.69) is 4.90 Å². The molecule has 106 valence electrons. The van der Waals surface area contributed by atoms with Crippen molar-refractivity contribution in [1.29, 1.82) is 0 Å². The van der Waals surface area contributed by atoms with Gasteiger partial charge in [-0.25, -0.2) is 12.7 Å². The normalized spacial score (nSPS) is 32.6. The lowest BCUT2D eigenvalue weighted by Gasteiger charge is -2.37. The molecule has 0 bridgehead atoms. The second-order valence-electron chi connectivity index (χ2n) is 5.79.